The Balaban J connectivity index is 2.44. The van der Waals surface area contributed by atoms with Crippen LogP contribution in [0.4, 0.5) is 5.69 Å². The van der Waals surface area contributed by atoms with Crippen LogP contribution in [0.1, 0.15) is 20.3 Å². The largest absolute Gasteiger partial charge is 0.494 e. The Hall–Kier alpha value is -1.55. The van der Waals surface area contributed by atoms with Crippen molar-refractivity contribution in [1.29, 1.82) is 0 Å². The lowest BCUT2D eigenvalue weighted by molar-refractivity contribution is -0.115. The highest BCUT2D eigenvalue weighted by atomic mass is 16.5. The van der Waals surface area contributed by atoms with E-state index in [1.807, 2.05) is 31.2 Å². The predicted molar refractivity (Wildman–Crippen MR) is 69.4 cm³/mol. The molecule has 94 valence electrons. The summed E-state index contributed by atoms with van der Waals surface area (Å²) in [5, 5.41) is 5.87. The van der Waals surface area contributed by atoms with Crippen molar-refractivity contribution in [3.63, 3.8) is 0 Å². The molecular weight excluding hydrogens is 216 g/mol. The third-order valence-corrected chi connectivity index (χ3v) is 2.14. The maximum atomic E-state index is 11.5. The summed E-state index contributed by atoms with van der Waals surface area (Å²) in [6.45, 7) is 5.81. The normalized spacial score (nSPS) is 10.0. The number of hydrogen-bond donors (Lipinski definition) is 2. The lowest BCUT2D eigenvalue weighted by Gasteiger charge is -2.08. The van der Waals surface area contributed by atoms with E-state index in [1.54, 1.807) is 0 Å². The van der Waals surface area contributed by atoms with Crippen molar-refractivity contribution < 1.29 is 9.53 Å². The first-order chi connectivity index (χ1) is 8.26. The van der Waals surface area contributed by atoms with Gasteiger partial charge in [0, 0.05) is 11.8 Å². The smallest absolute Gasteiger partial charge is 0.238 e. The number of benzene rings is 1. The average molecular weight is 236 g/mol. The molecule has 0 aliphatic heterocycles. The van der Waals surface area contributed by atoms with Crippen LogP contribution in [-0.2, 0) is 4.79 Å². The number of carbonyl (C=O) groups is 1. The second kappa shape index (κ2) is 7.68. The third kappa shape index (κ3) is 5.36. The van der Waals surface area contributed by atoms with Crippen molar-refractivity contribution in [3.8, 4) is 5.75 Å². The molecule has 0 saturated carbocycles. The highest BCUT2D eigenvalue weighted by Gasteiger charge is 2.02. The van der Waals surface area contributed by atoms with Gasteiger partial charge in [0.25, 0.3) is 0 Å². The molecule has 0 fully saturated rings. The molecule has 0 aliphatic rings. The van der Waals surface area contributed by atoms with Crippen molar-refractivity contribution in [3.05, 3.63) is 24.3 Å². The molecule has 4 nitrogen and oxygen atoms in total. The predicted octanol–water partition coefficient (Wildman–Crippen LogP) is 2.02. The second-order valence-electron chi connectivity index (χ2n) is 3.69. The van der Waals surface area contributed by atoms with Crippen LogP contribution in [0, 0.1) is 0 Å². The van der Waals surface area contributed by atoms with Gasteiger partial charge in [-0.25, -0.2) is 0 Å². The Morgan fingerprint density at radius 3 is 2.88 bits per heavy atom. The minimum Gasteiger partial charge on any atom is -0.494 e. The number of anilines is 1. The van der Waals surface area contributed by atoms with E-state index in [0.717, 1.165) is 24.4 Å². The van der Waals surface area contributed by atoms with E-state index in [1.165, 1.54) is 0 Å². The molecule has 1 aromatic rings. The summed E-state index contributed by atoms with van der Waals surface area (Å²) >= 11 is 0. The van der Waals surface area contributed by atoms with E-state index < -0.39 is 0 Å². The van der Waals surface area contributed by atoms with Gasteiger partial charge in [0.2, 0.25) is 5.91 Å². The standard InChI is InChI=1S/C13H20N2O2/c1-3-8-14-10-13(16)15-11-6-5-7-12(9-11)17-4-2/h5-7,9,14H,3-4,8,10H2,1-2H3,(H,15,16). The number of rotatable bonds is 7. The molecule has 0 atom stereocenters. The molecule has 2 N–H and O–H groups in total. The molecule has 1 amide bonds. The van der Waals surface area contributed by atoms with Gasteiger partial charge in [0.05, 0.1) is 13.2 Å². The first kappa shape index (κ1) is 13.5. The van der Waals surface area contributed by atoms with Gasteiger partial charge in [-0.3, -0.25) is 4.79 Å². The summed E-state index contributed by atoms with van der Waals surface area (Å²) in [7, 11) is 0. The minimum atomic E-state index is -0.0351. The van der Waals surface area contributed by atoms with Crippen molar-refractivity contribution in [1.82, 2.24) is 5.32 Å². The molecule has 1 rings (SSSR count). The topological polar surface area (TPSA) is 50.4 Å². The lowest BCUT2D eigenvalue weighted by Crippen LogP contribution is -2.28. The van der Waals surface area contributed by atoms with Gasteiger partial charge in [-0.15, -0.1) is 0 Å². The molecule has 0 saturated heterocycles. The molecule has 0 heterocycles. The number of hydrogen-bond acceptors (Lipinski definition) is 3. The summed E-state index contributed by atoms with van der Waals surface area (Å²) in [5.74, 6) is 0.735. The fourth-order valence-electron chi connectivity index (χ4n) is 1.41. The molecule has 0 aliphatic carbocycles. The summed E-state index contributed by atoms with van der Waals surface area (Å²) in [4.78, 5) is 11.5. The zero-order valence-corrected chi connectivity index (χ0v) is 10.5. The average Bonchev–Trinajstić information content (AvgIpc) is 2.30. The molecule has 0 aromatic heterocycles. The molecule has 0 unspecified atom stereocenters. The maximum Gasteiger partial charge on any atom is 0.238 e. The number of carbonyl (C=O) groups excluding carboxylic acids is 1. The van der Waals surface area contributed by atoms with Gasteiger partial charge in [-0.1, -0.05) is 13.0 Å². The zero-order valence-electron chi connectivity index (χ0n) is 10.5. The molecule has 0 bridgehead atoms. The maximum absolute atomic E-state index is 11.5. The molecule has 1 aromatic carbocycles. The van der Waals surface area contributed by atoms with Crippen molar-refractivity contribution in [2.24, 2.45) is 0 Å². The monoisotopic (exact) mass is 236 g/mol. The van der Waals surface area contributed by atoms with Crippen molar-refractivity contribution in [2.75, 3.05) is 25.0 Å². The number of amides is 1. The van der Waals surface area contributed by atoms with E-state index in [0.29, 0.717) is 13.2 Å². The van der Waals surface area contributed by atoms with Crippen LogP contribution in [0.15, 0.2) is 24.3 Å². The fourth-order valence-corrected chi connectivity index (χ4v) is 1.41. The quantitative estimate of drug-likeness (QED) is 0.712. The fraction of sp³-hybridized carbons (Fsp3) is 0.462. The lowest BCUT2D eigenvalue weighted by atomic mass is 10.3. The number of ether oxygens (including phenoxy) is 1. The molecular formula is C13H20N2O2. The van der Waals surface area contributed by atoms with Crippen LogP contribution >= 0.6 is 0 Å². The Kier molecular flexibility index (Phi) is 6.10. The van der Waals surface area contributed by atoms with Crippen LogP contribution in [0.5, 0.6) is 5.75 Å². The van der Waals surface area contributed by atoms with Crippen LogP contribution in [0.3, 0.4) is 0 Å². The number of nitrogens with one attached hydrogen (secondary N) is 2. The Morgan fingerprint density at radius 1 is 1.35 bits per heavy atom. The van der Waals surface area contributed by atoms with E-state index in [9.17, 15) is 4.79 Å². The summed E-state index contributed by atoms with van der Waals surface area (Å²) in [6.07, 6.45) is 1.02. The SMILES string of the molecule is CCCNCC(=O)Nc1cccc(OCC)c1. The summed E-state index contributed by atoms with van der Waals surface area (Å²) < 4.78 is 5.36. The van der Waals surface area contributed by atoms with Gasteiger partial charge >= 0.3 is 0 Å². The van der Waals surface area contributed by atoms with Crippen molar-refractivity contribution >= 4 is 11.6 Å². The Bertz CT molecular complexity index is 353. The first-order valence-corrected chi connectivity index (χ1v) is 5.99. The highest BCUT2D eigenvalue weighted by Crippen LogP contribution is 2.16. The molecule has 0 radical (unpaired) electrons. The van der Waals surface area contributed by atoms with Crippen LogP contribution in [-0.4, -0.2) is 25.6 Å². The molecule has 17 heavy (non-hydrogen) atoms. The Morgan fingerprint density at radius 2 is 2.18 bits per heavy atom. The van der Waals surface area contributed by atoms with E-state index >= 15 is 0 Å². The van der Waals surface area contributed by atoms with E-state index in [2.05, 4.69) is 17.6 Å². The van der Waals surface area contributed by atoms with Gasteiger partial charge < -0.3 is 15.4 Å². The Labute approximate surface area is 102 Å². The van der Waals surface area contributed by atoms with E-state index in [-0.39, 0.29) is 5.91 Å². The van der Waals surface area contributed by atoms with Gasteiger partial charge in [-0.2, -0.15) is 0 Å². The zero-order chi connectivity index (χ0) is 12.5. The summed E-state index contributed by atoms with van der Waals surface area (Å²) in [6, 6.07) is 7.40. The summed E-state index contributed by atoms with van der Waals surface area (Å²) in [5.41, 5.74) is 0.763. The van der Waals surface area contributed by atoms with Crippen LogP contribution in [0.25, 0.3) is 0 Å². The van der Waals surface area contributed by atoms with Crippen LogP contribution in [0.2, 0.25) is 0 Å². The minimum absolute atomic E-state index is 0.0351. The van der Waals surface area contributed by atoms with Gasteiger partial charge in [0.15, 0.2) is 0 Å². The first-order valence-electron chi connectivity index (χ1n) is 5.99. The van der Waals surface area contributed by atoms with E-state index in [4.69, 9.17) is 4.74 Å². The highest BCUT2D eigenvalue weighted by molar-refractivity contribution is 5.92. The van der Waals surface area contributed by atoms with Gasteiger partial charge in [0.1, 0.15) is 5.75 Å². The van der Waals surface area contributed by atoms with Gasteiger partial charge in [-0.05, 0) is 32.0 Å². The third-order valence-electron chi connectivity index (χ3n) is 2.14. The molecule has 0 spiro atoms. The second-order valence-corrected chi connectivity index (χ2v) is 3.69. The van der Waals surface area contributed by atoms with Crippen molar-refractivity contribution in [2.45, 2.75) is 20.3 Å². The van der Waals surface area contributed by atoms with Crippen LogP contribution < -0.4 is 15.4 Å². The molecule has 4 heteroatoms.